The van der Waals surface area contributed by atoms with Crippen molar-refractivity contribution in [2.75, 3.05) is 38.1 Å². The number of anilines is 1. The number of hydrogen-bond acceptors (Lipinski definition) is 6. The summed E-state index contributed by atoms with van der Waals surface area (Å²) in [6.07, 6.45) is 0. The zero-order valence-corrected chi connectivity index (χ0v) is 21.6. The van der Waals surface area contributed by atoms with Crippen LogP contribution in [0.1, 0.15) is 15.9 Å². The van der Waals surface area contributed by atoms with Gasteiger partial charge in [0.1, 0.15) is 11.3 Å². The lowest BCUT2D eigenvalue weighted by atomic mass is 10.2. The van der Waals surface area contributed by atoms with Crippen LogP contribution in [0.25, 0.3) is 10.2 Å². The normalized spacial score (nSPS) is 14.5. The van der Waals surface area contributed by atoms with E-state index >= 15 is 0 Å². The van der Waals surface area contributed by atoms with Crippen molar-refractivity contribution in [3.8, 4) is 0 Å². The monoisotopic (exact) mass is 542 g/mol. The zero-order chi connectivity index (χ0) is 26.2. The van der Waals surface area contributed by atoms with Gasteiger partial charge in [0.15, 0.2) is 10.9 Å². The smallest absolute Gasteiger partial charge is 0.253 e. The van der Waals surface area contributed by atoms with Gasteiger partial charge in [-0.1, -0.05) is 41.7 Å². The van der Waals surface area contributed by atoms with Gasteiger partial charge >= 0.3 is 0 Å². The number of benzene rings is 3. The highest BCUT2D eigenvalue weighted by atomic mass is 32.2. The summed E-state index contributed by atoms with van der Waals surface area (Å²) in [6, 6.07) is 17.4. The van der Waals surface area contributed by atoms with Crippen LogP contribution in [0.2, 0.25) is 0 Å². The summed E-state index contributed by atoms with van der Waals surface area (Å²) in [5.74, 6) is -1.53. The lowest BCUT2D eigenvalue weighted by Crippen LogP contribution is -2.48. The van der Waals surface area contributed by atoms with Crippen molar-refractivity contribution in [3.05, 3.63) is 89.5 Å². The van der Waals surface area contributed by atoms with Crippen LogP contribution >= 0.6 is 11.3 Å². The largest absolute Gasteiger partial charge is 0.345 e. The Kier molecular flexibility index (Phi) is 6.93. The summed E-state index contributed by atoms with van der Waals surface area (Å²) in [6.45, 7) is 2.07. The molecule has 192 valence electrons. The molecule has 1 aliphatic rings. The third-order valence-corrected chi connectivity index (χ3v) is 9.18. The summed E-state index contributed by atoms with van der Waals surface area (Å²) in [5.41, 5.74) is 1.42. The highest BCUT2D eigenvalue weighted by Crippen LogP contribution is 2.31. The van der Waals surface area contributed by atoms with E-state index in [1.54, 1.807) is 4.90 Å². The van der Waals surface area contributed by atoms with E-state index in [2.05, 4.69) is 4.98 Å². The van der Waals surface area contributed by atoms with Crippen LogP contribution in [0.4, 0.5) is 13.9 Å². The number of sulfonamides is 1. The average molecular weight is 543 g/mol. The van der Waals surface area contributed by atoms with Gasteiger partial charge in [-0.2, -0.15) is 4.31 Å². The predicted molar refractivity (Wildman–Crippen MR) is 139 cm³/mol. The van der Waals surface area contributed by atoms with Gasteiger partial charge < -0.3 is 9.80 Å². The van der Waals surface area contributed by atoms with Crippen LogP contribution < -0.4 is 4.90 Å². The van der Waals surface area contributed by atoms with Crippen molar-refractivity contribution < 1.29 is 22.0 Å². The molecule has 0 N–H and O–H groups in total. The second kappa shape index (κ2) is 10.2. The van der Waals surface area contributed by atoms with Gasteiger partial charge in [0, 0.05) is 51.4 Å². The van der Waals surface area contributed by atoms with Crippen LogP contribution in [0.15, 0.2) is 71.6 Å². The summed E-state index contributed by atoms with van der Waals surface area (Å²) in [7, 11) is -2.19. The first-order valence-corrected chi connectivity index (χ1v) is 13.9. The molecule has 0 saturated carbocycles. The van der Waals surface area contributed by atoms with E-state index in [1.165, 1.54) is 53.0 Å². The number of fused-ring (bicyclic) bond motifs is 1. The van der Waals surface area contributed by atoms with Crippen molar-refractivity contribution in [3.63, 3.8) is 0 Å². The van der Waals surface area contributed by atoms with E-state index in [0.29, 0.717) is 41.6 Å². The van der Waals surface area contributed by atoms with Gasteiger partial charge in [-0.05, 0) is 35.9 Å². The lowest BCUT2D eigenvalue weighted by molar-refractivity contribution is 0.0746. The average Bonchev–Trinajstić information content (AvgIpc) is 3.33. The van der Waals surface area contributed by atoms with Gasteiger partial charge in [0.05, 0.1) is 9.60 Å². The van der Waals surface area contributed by atoms with Crippen LogP contribution in [0.5, 0.6) is 0 Å². The Morgan fingerprint density at radius 3 is 2.35 bits per heavy atom. The van der Waals surface area contributed by atoms with Crippen molar-refractivity contribution in [2.24, 2.45) is 0 Å². The minimum absolute atomic E-state index is 0.117. The number of hydrogen-bond donors (Lipinski definition) is 0. The molecule has 1 aliphatic heterocycles. The minimum atomic E-state index is -3.71. The SMILES string of the molecule is CN(Cc1ccccc1)S(=O)(=O)c1ccc(C(=O)N2CCN(c3nc4c(F)cc(F)cc4s3)CC2)cc1. The van der Waals surface area contributed by atoms with Crippen molar-refractivity contribution in [1.29, 1.82) is 0 Å². The number of halogens is 2. The molecule has 0 spiro atoms. The Morgan fingerprint density at radius 1 is 1.00 bits per heavy atom. The maximum absolute atomic E-state index is 14.0. The standard InChI is InChI=1S/C26H24F2N4O3S2/c1-30(17-18-5-3-2-4-6-18)37(34,35)21-9-7-19(8-10-21)25(33)31-11-13-32(14-12-31)26-29-24-22(28)15-20(27)16-23(24)36-26/h2-10,15-16H,11-14,17H2,1H3. The predicted octanol–water partition coefficient (Wildman–Crippen LogP) is 4.36. The van der Waals surface area contributed by atoms with Gasteiger partial charge in [-0.25, -0.2) is 22.2 Å². The first kappa shape index (κ1) is 25.2. The Hall–Kier alpha value is -3.41. The molecule has 7 nitrogen and oxygen atoms in total. The van der Waals surface area contributed by atoms with Gasteiger partial charge in [0.25, 0.3) is 5.91 Å². The van der Waals surface area contributed by atoms with E-state index in [0.717, 1.165) is 11.6 Å². The van der Waals surface area contributed by atoms with Gasteiger partial charge in [0.2, 0.25) is 10.0 Å². The van der Waals surface area contributed by atoms with Crippen LogP contribution in [-0.4, -0.2) is 61.7 Å². The zero-order valence-electron chi connectivity index (χ0n) is 20.0. The molecule has 3 aromatic carbocycles. The number of thiazole rings is 1. The van der Waals surface area contributed by atoms with Crippen molar-refractivity contribution >= 4 is 42.6 Å². The number of rotatable bonds is 6. The molecule has 0 atom stereocenters. The van der Waals surface area contributed by atoms with Crippen LogP contribution in [0, 0.1) is 11.6 Å². The van der Waals surface area contributed by atoms with E-state index in [-0.39, 0.29) is 22.9 Å². The quantitative estimate of drug-likeness (QED) is 0.362. The maximum Gasteiger partial charge on any atom is 0.253 e. The molecule has 1 saturated heterocycles. The molecule has 0 bridgehead atoms. The number of aromatic nitrogens is 1. The molecule has 11 heteroatoms. The van der Waals surface area contributed by atoms with Gasteiger partial charge in [-0.3, -0.25) is 4.79 Å². The van der Waals surface area contributed by atoms with E-state index in [4.69, 9.17) is 0 Å². The fourth-order valence-corrected chi connectivity index (χ4v) is 6.45. The molecular formula is C26H24F2N4O3S2. The molecule has 37 heavy (non-hydrogen) atoms. The molecule has 1 amide bonds. The second-order valence-electron chi connectivity index (χ2n) is 8.78. The topological polar surface area (TPSA) is 73.8 Å². The maximum atomic E-state index is 14.0. The number of amides is 1. The van der Waals surface area contributed by atoms with Crippen LogP contribution in [0.3, 0.4) is 0 Å². The molecule has 4 aromatic rings. The summed E-state index contributed by atoms with van der Waals surface area (Å²) in [5, 5.41) is 0.584. The second-order valence-corrected chi connectivity index (χ2v) is 11.8. The Labute approximate surface area is 217 Å². The molecule has 0 unspecified atom stereocenters. The molecular weight excluding hydrogens is 518 g/mol. The summed E-state index contributed by atoms with van der Waals surface area (Å²) < 4.78 is 55.2. The van der Waals surface area contributed by atoms with Crippen molar-refractivity contribution in [1.82, 2.24) is 14.2 Å². The first-order valence-electron chi connectivity index (χ1n) is 11.6. The number of carbonyl (C=O) groups is 1. The Balaban J connectivity index is 1.22. The summed E-state index contributed by atoms with van der Waals surface area (Å²) in [4.78, 5) is 21.1. The third kappa shape index (κ3) is 5.20. The number of carbonyl (C=O) groups excluding carboxylic acids is 1. The van der Waals surface area contributed by atoms with Gasteiger partial charge in [-0.15, -0.1) is 0 Å². The molecule has 0 radical (unpaired) electrons. The molecule has 1 fully saturated rings. The number of piperazine rings is 1. The fraction of sp³-hybridized carbons (Fsp3) is 0.231. The molecule has 1 aromatic heterocycles. The van der Waals surface area contributed by atoms with E-state index in [1.807, 2.05) is 35.2 Å². The Morgan fingerprint density at radius 2 is 1.68 bits per heavy atom. The first-order chi connectivity index (χ1) is 17.7. The Bertz CT molecular complexity index is 1540. The minimum Gasteiger partial charge on any atom is -0.345 e. The van der Waals surface area contributed by atoms with Crippen molar-refractivity contribution in [2.45, 2.75) is 11.4 Å². The highest BCUT2D eigenvalue weighted by molar-refractivity contribution is 7.89. The van der Waals surface area contributed by atoms with E-state index < -0.39 is 21.7 Å². The molecule has 0 aliphatic carbocycles. The molecule has 5 rings (SSSR count). The lowest BCUT2D eigenvalue weighted by Gasteiger charge is -2.34. The summed E-state index contributed by atoms with van der Waals surface area (Å²) >= 11 is 1.22. The molecule has 2 heterocycles. The fourth-order valence-electron chi connectivity index (χ4n) is 4.24. The van der Waals surface area contributed by atoms with E-state index in [9.17, 15) is 22.0 Å². The highest BCUT2D eigenvalue weighted by Gasteiger charge is 2.26. The number of nitrogens with zero attached hydrogens (tertiary/aromatic N) is 4. The third-order valence-electron chi connectivity index (χ3n) is 6.30. The van der Waals surface area contributed by atoms with Crippen LogP contribution in [-0.2, 0) is 16.6 Å².